The Morgan fingerprint density at radius 1 is 1.14 bits per heavy atom. The van der Waals surface area contributed by atoms with Gasteiger partial charge in [0, 0.05) is 17.7 Å². The molecule has 1 amide bonds. The summed E-state index contributed by atoms with van der Waals surface area (Å²) < 4.78 is 4.91. The van der Waals surface area contributed by atoms with Crippen LogP contribution in [0, 0.1) is 11.8 Å². The average Bonchev–Trinajstić information content (AvgIpc) is 2.91. The molecule has 3 N–H and O–H groups in total. The minimum Gasteiger partial charge on any atom is -0.464 e. The number of nitrogens with one attached hydrogen (secondary N) is 2. The molecule has 1 saturated carbocycles. The van der Waals surface area contributed by atoms with Crippen molar-refractivity contribution in [3.05, 3.63) is 71.8 Å². The van der Waals surface area contributed by atoms with Crippen molar-refractivity contribution in [1.82, 2.24) is 10.6 Å². The van der Waals surface area contributed by atoms with Crippen LogP contribution in [0.5, 0.6) is 0 Å². The highest BCUT2D eigenvalue weighted by Gasteiger charge is 2.30. The number of amides is 1. The van der Waals surface area contributed by atoms with Crippen molar-refractivity contribution in [3.63, 3.8) is 0 Å². The maximum atomic E-state index is 12.6. The lowest BCUT2D eigenvalue weighted by atomic mass is 9.74. The summed E-state index contributed by atoms with van der Waals surface area (Å²) in [4.78, 5) is 24.5. The number of aliphatic hydroxyl groups excluding tert-OH is 1. The molecule has 2 aliphatic carbocycles. The molecular formula is C30H38N2O4. The van der Waals surface area contributed by atoms with E-state index >= 15 is 0 Å². The van der Waals surface area contributed by atoms with E-state index in [0.717, 1.165) is 12.8 Å². The molecule has 0 heterocycles. The van der Waals surface area contributed by atoms with Crippen LogP contribution in [-0.4, -0.2) is 42.3 Å². The SMILES string of the molecule is CCOC(=O)[C@H](CO)NC(=O)C1=CCC([C@H]2CCC[C@H](N[C@H](C)c3cccc4ccccc34)C2)C=C1. The van der Waals surface area contributed by atoms with E-state index in [-0.39, 0.29) is 18.6 Å². The second-order valence-electron chi connectivity index (χ2n) is 9.96. The van der Waals surface area contributed by atoms with Crippen LogP contribution < -0.4 is 10.6 Å². The van der Waals surface area contributed by atoms with Gasteiger partial charge in [-0.2, -0.15) is 0 Å². The number of aliphatic hydroxyl groups is 1. The summed E-state index contributed by atoms with van der Waals surface area (Å²) in [5.41, 5.74) is 1.87. The highest BCUT2D eigenvalue weighted by atomic mass is 16.5. The molecule has 0 saturated heterocycles. The molecule has 2 aromatic carbocycles. The fourth-order valence-electron chi connectivity index (χ4n) is 5.66. The molecule has 5 atom stereocenters. The van der Waals surface area contributed by atoms with Gasteiger partial charge in [0.2, 0.25) is 0 Å². The molecule has 1 fully saturated rings. The van der Waals surface area contributed by atoms with E-state index in [1.807, 2.05) is 12.2 Å². The van der Waals surface area contributed by atoms with Crippen molar-refractivity contribution >= 4 is 22.6 Å². The highest BCUT2D eigenvalue weighted by molar-refractivity contribution is 5.98. The molecule has 0 bridgehead atoms. The van der Waals surface area contributed by atoms with Gasteiger partial charge < -0.3 is 20.5 Å². The van der Waals surface area contributed by atoms with Gasteiger partial charge in [0.05, 0.1) is 13.2 Å². The third-order valence-corrected chi connectivity index (χ3v) is 7.55. The number of ether oxygens (including phenoxy) is 1. The summed E-state index contributed by atoms with van der Waals surface area (Å²) in [7, 11) is 0. The Bertz CT molecular complexity index is 1120. The molecule has 2 aliphatic rings. The van der Waals surface area contributed by atoms with E-state index in [1.54, 1.807) is 6.92 Å². The number of carbonyl (C=O) groups is 2. The summed E-state index contributed by atoms with van der Waals surface area (Å²) in [6.07, 6.45) is 11.5. The average molecular weight is 491 g/mol. The largest absolute Gasteiger partial charge is 0.464 e. The highest BCUT2D eigenvalue weighted by Crippen LogP contribution is 2.36. The Balaban J connectivity index is 1.32. The number of rotatable bonds is 9. The van der Waals surface area contributed by atoms with Crippen LogP contribution in [0.1, 0.15) is 57.6 Å². The van der Waals surface area contributed by atoms with Gasteiger partial charge in [0.25, 0.3) is 5.91 Å². The second-order valence-corrected chi connectivity index (χ2v) is 9.96. The Kier molecular flexibility index (Phi) is 8.94. The molecule has 0 radical (unpaired) electrons. The molecular weight excluding hydrogens is 452 g/mol. The van der Waals surface area contributed by atoms with E-state index in [0.29, 0.717) is 23.5 Å². The van der Waals surface area contributed by atoms with Gasteiger partial charge in [-0.05, 0) is 67.7 Å². The quantitative estimate of drug-likeness (QED) is 0.448. The van der Waals surface area contributed by atoms with E-state index < -0.39 is 18.6 Å². The summed E-state index contributed by atoms with van der Waals surface area (Å²) in [6, 6.07) is 14.8. The molecule has 6 nitrogen and oxygen atoms in total. The lowest BCUT2D eigenvalue weighted by Crippen LogP contribution is -2.45. The van der Waals surface area contributed by atoms with Gasteiger partial charge in [-0.1, -0.05) is 67.1 Å². The number of esters is 1. The third-order valence-electron chi connectivity index (χ3n) is 7.55. The van der Waals surface area contributed by atoms with Gasteiger partial charge in [0.1, 0.15) is 0 Å². The standard InChI is InChI=1S/C30H38N2O4/c1-3-36-30(35)28(19-33)32-29(34)23-16-14-21(15-17-23)24-10-6-11-25(18-24)31-20(2)26-13-7-9-22-8-4-5-12-27(22)26/h4-5,7-9,12-14,16-17,20-21,24-25,28,31,33H,3,6,10-11,15,18-19H2,1-2H3,(H,32,34)/t20-,21?,24+,25+,28+/m1/s1. The fraction of sp³-hybridized carbons (Fsp3) is 0.467. The van der Waals surface area contributed by atoms with Crippen molar-refractivity contribution in [2.75, 3.05) is 13.2 Å². The molecule has 192 valence electrons. The molecule has 2 aromatic rings. The Labute approximate surface area is 213 Å². The molecule has 36 heavy (non-hydrogen) atoms. The van der Waals surface area contributed by atoms with Gasteiger partial charge in [-0.15, -0.1) is 0 Å². The fourth-order valence-corrected chi connectivity index (χ4v) is 5.66. The number of hydrogen-bond donors (Lipinski definition) is 3. The minimum atomic E-state index is -1.04. The van der Waals surface area contributed by atoms with Crippen LogP contribution in [0.25, 0.3) is 10.8 Å². The number of hydrogen-bond acceptors (Lipinski definition) is 5. The van der Waals surface area contributed by atoms with Gasteiger partial charge in [-0.25, -0.2) is 4.79 Å². The van der Waals surface area contributed by atoms with E-state index in [1.165, 1.54) is 35.6 Å². The van der Waals surface area contributed by atoms with Crippen LogP contribution >= 0.6 is 0 Å². The Morgan fingerprint density at radius 2 is 1.94 bits per heavy atom. The zero-order valence-electron chi connectivity index (χ0n) is 21.3. The first kappa shape index (κ1) is 26.1. The first-order chi connectivity index (χ1) is 17.5. The monoisotopic (exact) mass is 490 g/mol. The zero-order valence-corrected chi connectivity index (χ0v) is 21.3. The summed E-state index contributed by atoms with van der Waals surface area (Å²) in [5.74, 6) is -0.00972. The minimum absolute atomic E-state index is 0.202. The van der Waals surface area contributed by atoms with E-state index in [4.69, 9.17) is 4.74 Å². The van der Waals surface area contributed by atoms with Crippen LogP contribution in [0.15, 0.2) is 66.3 Å². The zero-order chi connectivity index (χ0) is 25.5. The van der Waals surface area contributed by atoms with Crippen molar-refractivity contribution in [2.45, 2.75) is 64.1 Å². The van der Waals surface area contributed by atoms with Crippen LogP contribution in [0.4, 0.5) is 0 Å². The van der Waals surface area contributed by atoms with E-state index in [2.05, 4.69) is 66.1 Å². The van der Waals surface area contributed by atoms with E-state index in [9.17, 15) is 14.7 Å². The topological polar surface area (TPSA) is 87.7 Å². The van der Waals surface area contributed by atoms with Gasteiger partial charge in [0.15, 0.2) is 6.04 Å². The molecule has 0 aliphatic heterocycles. The molecule has 4 rings (SSSR count). The second kappa shape index (κ2) is 12.3. The number of allylic oxidation sites excluding steroid dienone is 2. The Morgan fingerprint density at radius 3 is 2.69 bits per heavy atom. The van der Waals surface area contributed by atoms with Crippen molar-refractivity contribution in [3.8, 4) is 0 Å². The first-order valence-corrected chi connectivity index (χ1v) is 13.2. The van der Waals surface area contributed by atoms with Crippen LogP contribution in [-0.2, 0) is 14.3 Å². The van der Waals surface area contributed by atoms with Gasteiger partial charge in [-0.3, -0.25) is 4.79 Å². The molecule has 0 aromatic heterocycles. The van der Waals surface area contributed by atoms with Crippen molar-refractivity contribution < 1.29 is 19.4 Å². The summed E-state index contributed by atoms with van der Waals surface area (Å²) in [6.45, 7) is 3.66. The predicted octanol–water partition coefficient (Wildman–Crippen LogP) is 4.59. The lowest BCUT2D eigenvalue weighted by Gasteiger charge is -2.36. The summed E-state index contributed by atoms with van der Waals surface area (Å²) in [5, 5.41) is 18.5. The van der Waals surface area contributed by atoms with Crippen LogP contribution in [0.3, 0.4) is 0 Å². The molecule has 6 heteroatoms. The maximum Gasteiger partial charge on any atom is 0.331 e. The van der Waals surface area contributed by atoms with Crippen molar-refractivity contribution in [2.24, 2.45) is 11.8 Å². The molecule has 0 spiro atoms. The van der Waals surface area contributed by atoms with Crippen LogP contribution in [0.2, 0.25) is 0 Å². The molecule has 1 unspecified atom stereocenters. The smallest absolute Gasteiger partial charge is 0.331 e. The third kappa shape index (κ3) is 6.23. The maximum absolute atomic E-state index is 12.6. The normalized spacial score (nSPS) is 23.5. The summed E-state index contributed by atoms with van der Waals surface area (Å²) >= 11 is 0. The number of fused-ring (bicyclic) bond motifs is 1. The first-order valence-electron chi connectivity index (χ1n) is 13.2. The predicted molar refractivity (Wildman–Crippen MR) is 142 cm³/mol. The lowest BCUT2D eigenvalue weighted by molar-refractivity contribution is -0.148. The number of carbonyl (C=O) groups excluding carboxylic acids is 2. The number of benzene rings is 2. The van der Waals surface area contributed by atoms with Crippen molar-refractivity contribution in [1.29, 1.82) is 0 Å². The van der Waals surface area contributed by atoms with Gasteiger partial charge >= 0.3 is 5.97 Å². The Hall–Kier alpha value is -2.96.